The summed E-state index contributed by atoms with van der Waals surface area (Å²) >= 11 is 3.48. The Labute approximate surface area is 137 Å². The van der Waals surface area contributed by atoms with E-state index in [9.17, 15) is 4.79 Å². The molecule has 0 bridgehead atoms. The second-order valence-corrected chi connectivity index (χ2v) is 6.76. The largest absolute Gasteiger partial charge is 0.493 e. The maximum atomic E-state index is 12.5. The molecule has 1 aromatic heterocycles. The Hall–Kier alpha value is -1.75. The monoisotopic (exact) mass is 361 g/mol. The van der Waals surface area contributed by atoms with Crippen molar-refractivity contribution >= 4 is 21.8 Å². The van der Waals surface area contributed by atoms with Gasteiger partial charge in [0.05, 0.1) is 18.9 Å². The Balaban J connectivity index is 1.47. The second kappa shape index (κ2) is 5.47. The van der Waals surface area contributed by atoms with Gasteiger partial charge in [0.1, 0.15) is 11.5 Å². The first-order chi connectivity index (χ1) is 10.7. The van der Waals surface area contributed by atoms with Crippen molar-refractivity contribution in [1.29, 1.82) is 0 Å². The number of carbonyl (C=O) groups excluding carboxylic acids is 1. The van der Waals surface area contributed by atoms with Crippen LogP contribution >= 0.6 is 15.9 Å². The summed E-state index contributed by atoms with van der Waals surface area (Å²) in [7, 11) is 0. The lowest BCUT2D eigenvalue weighted by atomic mass is 10.0. The van der Waals surface area contributed by atoms with Gasteiger partial charge in [-0.25, -0.2) is 0 Å². The number of nitrogens with one attached hydrogen (secondary N) is 1. The Morgan fingerprint density at radius 1 is 1.32 bits per heavy atom. The molecule has 1 N–H and O–H groups in total. The second-order valence-electron chi connectivity index (χ2n) is 5.84. The fraction of sp³-hybridized carbons (Fsp3) is 0.353. The van der Waals surface area contributed by atoms with Crippen molar-refractivity contribution in [2.75, 3.05) is 6.61 Å². The minimum atomic E-state index is 0.0200. The molecule has 0 spiro atoms. The van der Waals surface area contributed by atoms with Gasteiger partial charge in [0.2, 0.25) is 5.91 Å². The SMILES string of the molecule is O=C(NC1CCOc2ccc(Br)cc21)C1CC1c1ccco1. The summed E-state index contributed by atoms with van der Waals surface area (Å²) in [6.07, 6.45) is 3.33. The lowest BCUT2D eigenvalue weighted by Gasteiger charge is -2.27. The van der Waals surface area contributed by atoms with Gasteiger partial charge in [0.15, 0.2) is 0 Å². The Morgan fingerprint density at radius 2 is 2.23 bits per heavy atom. The van der Waals surface area contributed by atoms with Gasteiger partial charge >= 0.3 is 0 Å². The molecule has 22 heavy (non-hydrogen) atoms. The van der Waals surface area contributed by atoms with E-state index < -0.39 is 0 Å². The van der Waals surface area contributed by atoms with Crippen LogP contribution in [0.4, 0.5) is 0 Å². The quantitative estimate of drug-likeness (QED) is 0.904. The molecular formula is C17H16BrNO3. The van der Waals surface area contributed by atoms with Crippen LogP contribution in [0.15, 0.2) is 45.5 Å². The van der Waals surface area contributed by atoms with E-state index in [1.54, 1.807) is 6.26 Å². The van der Waals surface area contributed by atoms with E-state index in [1.807, 2.05) is 30.3 Å². The molecule has 1 aliphatic carbocycles. The molecule has 3 unspecified atom stereocenters. The average molecular weight is 362 g/mol. The fourth-order valence-corrected chi connectivity index (χ4v) is 3.47. The lowest BCUT2D eigenvalue weighted by Crippen LogP contribution is -2.33. The molecule has 1 aliphatic heterocycles. The highest BCUT2D eigenvalue weighted by molar-refractivity contribution is 9.10. The van der Waals surface area contributed by atoms with E-state index >= 15 is 0 Å². The van der Waals surface area contributed by atoms with E-state index in [4.69, 9.17) is 9.15 Å². The highest BCUT2D eigenvalue weighted by atomic mass is 79.9. The molecule has 0 radical (unpaired) electrons. The van der Waals surface area contributed by atoms with Gasteiger partial charge in [-0.15, -0.1) is 0 Å². The van der Waals surface area contributed by atoms with Gasteiger partial charge in [0, 0.05) is 28.3 Å². The molecule has 0 saturated heterocycles. The first-order valence-corrected chi connectivity index (χ1v) is 8.27. The van der Waals surface area contributed by atoms with Crippen molar-refractivity contribution in [3.63, 3.8) is 0 Å². The maximum Gasteiger partial charge on any atom is 0.224 e. The zero-order valence-electron chi connectivity index (χ0n) is 11.9. The van der Waals surface area contributed by atoms with Gasteiger partial charge < -0.3 is 14.5 Å². The minimum absolute atomic E-state index is 0.0200. The van der Waals surface area contributed by atoms with E-state index in [0.717, 1.165) is 34.4 Å². The minimum Gasteiger partial charge on any atom is -0.493 e. The summed E-state index contributed by atoms with van der Waals surface area (Å²) in [5.74, 6) is 2.15. The van der Waals surface area contributed by atoms with Crippen LogP contribution in [0.1, 0.15) is 36.1 Å². The van der Waals surface area contributed by atoms with E-state index in [-0.39, 0.29) is 23.8 Å². The third-order valence-electron chi connectivity index (χ3n) is 4.36. The van der Waals surface area contributed by atoms with Crippen LogP contribution in [0.3, 0.4) is 0 Å². The van der Waals surface area contributed by atoms with Crippen LogP contribution in [0.5, 0.6) is 5.75 Å². The predicted octanol–water partition coefficient (Wildman–Crippen LogP) is 3.79. The molecule has 3 atom stereocenters. The molecule has 1 aromatic carbocycles. The molecule has 1 saturated carbocycles. The van der Waals surface area contributed by atoms with Crippen molar-refractivity contribution in [3.05, 3.63) is 52.4 Å². The van der Waals surface area contributed by atoms with Gasteiger partial charge in [-0.2, -0.15) is 0 Å². The third kappa shape index (κ3) is 2.54. The highest BCUT2D eigenvalue weighted by Crippen LogP contribution is 2.48. The zero-order valence-corrected chi connectivity index (χ0v) is 13.5. The van der Waals surface area contributed by atoms with Gasteiger partial charge in [-0.05, 0) is 36.8 Å². The number of hydrogen-bond donors (Lipinski definition) is 1. The molecule has 5 heteroatoms. The highest BCUT2D eigenvalue weighted by Gasteiger charge is 2.46. The molecule has 1 amide bonds. The van der Waals surface area contributed by atoms with Crippen LogP contribution in [0.2, 0.25) is 0 Å². The van der Waals surface area contributed by atoms with Gasteiger partial charge in [0.25, 0.3) is 0 Å². The normalized spacial score (nSPS) is 26.0. The molecule has 2 aliphatic rings. The number of ether oxygens (including phenoxy) is 1. The Morgan fingerprint density at radius 3 is 3.05 bits per heavy atom. The smallest absolute Gasteiger partial charge is 0.224 e. The van der Waals surface area contributed by atoms with Crippen LogP contribution in [-0.4, -0.2) is 12.5 Å². The number of amides is 1. The van der Waals surface area contributed by atoms with Crippen molar-refractivity contribution < 1.29 is 13.9 Å². The number of carbonyl (C=O) groups is 1. The van der Waals surface area contributed by atoms with Gasteiger partial charge in [-0.3, -0.25) is 4.79 Å². The summed E-state index contributed by atoms with van der Waals surface area (Å²) in [4.78, 5) is 12.5. The summed E-state index contributed by atoms with van der Waals surface area (Å²) in [6, 6.07) is 9.76. The Kier molecular flexibility index (Phi) is 3.45. The topological polar surface area (TPSA) is 51.5 Å². The van der Waals surface area contributed by atoms with Crippen molar-refractivity contribution in [3.8, 4) is 5.75 Å². The summed E-state index contributed by atoms with van der Waals surface area (Å²) < 4.78 is 12.0. The number of benzene rings is 1. The fourth-order valence-electron chi connectivity index (χ4n) is 3.10. The standard InChI is InChI=1S/C17H16BrNO3/c18-10-3-4-16-13(8-10)14(5-7-22-16)19-17(20)12-9-11(12)15-2-1-6-21-15/h1-4,6,8,11-12,14H,5,7,9H2,(H,19,20). The summed E-state index contributed by atoms with van der Waals surface area (Å²) in [6.45, 7) is 0.631. The molecule has 2 aromatic rings. The number of halogens is 1. The van der Waals surface area contributed by atoms with Crippen LogP contribution in [-0.2, 0) is 4.79 Å². The summed E-state index contributed by atoms with van der Waals surface area (Å²) in [5, 5.41) is 3.17. The van der Waals surface area contributed by atoms with Crippen LogP contribution in [0.25, 0.3) is 0 Å². The Bertz CT molecular complexity index is 698. The van der Waals surface area contributed by atoms with E-state index in [1.165, 1.54) is 0 Å². The molecule has 4 nitrogen and oxygen atoms in total. The third-order valence-corrected chi connectivity index (χ3v) is 4.86. The van der Waals surface area contributed by atoms with E-state index in [0.29, 0.717) is 6.61 Å². The number of hydrogen-bond acceptors (Lipinski definition) is 3. The van der Waals surface area contributed by atoms with Crippen LogP contribution < -0.4 is 10.1 Å². The maximum absolute atomic E-state index is 12.5. The molecule has 1 fully saturated rings. The van der Waals surface area contributed by atoms with Crippen molar-refractivity contribution in [2.45, 2.75) is 24.8 Å². The molecule has 114 valence electrons. The lowest BCUT2D eigenvalue weighted by molar-refractivity contribution is -0.123. The van der Waals surface area contributed by atoms with E-state index in [2.05, 4.69) is 21.2 Å². The molecule has 2 heterocycles. The van der Waals surface area contributed by atoms with Crippen LogP contribution in [0, 0.1) is 5.92 Å². The predicted molar refractivity (Wildman–Crippen MR) is 84.7 cm³/mol. The molecular weight excluding hydrogens is 346 g/mol. The zero-order chi connectivity index (χ0) is 15.1. The van der Waals surface area contributed by atoms with Crippen molar-refractivity contribution in [1.82, 2.24) is 5.32 Å². The van der Waals surface area contributed by atoms with Crippen molar-refractivity contribution in [2.24, 2.45) is 5.92 Å². The average Bonchev–Trinajstić information content (AvgIpc) is 3.14. The van der Waals surface area contributed by atoms with Gasteiger partial charge in [-0.1, -0.05) is 15.9 Å². The first kappa shape index (κ1) is 13.9. The number of rotatable bonds is 3. The number of fused-ring (bicyclic) bond motifs is 1. The molecule has 4 rings (SSSR count). The number of furan rings is 1. The summed E-state index contributed by atoms with van der Waals surface area (Å²) in [5.41, 5.74) is 1.05. The first-order valence-electron chi connectivity index (χ1n) is 7.48.